The van der Waals surface area contributed by atoms with E-state index in [-0.39, 0.29) is 25.2 Å². The molecule has 0 amide bonds. The van der Waals surface area contributed by atoms with Crippen molar-refractivity contribution in [2.75, 3.05) is 19.8 Å². The zero-order valence-corrected chi connectivity index (χ0v) is 39.7. The van der Waals surface area contributed by atoms with E-state index in [1.165, 1.54) is 116 Å². The van der Waals surface area contributed by atoms with Crippen molar-refractivity contribution in [2.24, 2.45) is 0 Å². The van der Waals surface area contributed by atoms with Crippen LogP contribution in [0.1, 0.15) is 239 Å². The lowest BCUT2D eigenvalue weighted by Crippen LogP contribution is -2.30. The first kappa shape index (κ1) is 57.3. The van der Waals surface area contributed by atoms with E-state index in [4.69, 9.17) is 14.2 Å². The molecule has 0 rings (SSSR count). The lowest BCUT2D eigenvalue weighted by atomic mass is 10.0. The van der Waals surface area contributed by atoms with Gasteiger partial charge in [-0.2, -0.15) is 0 Å². The number of rotatable bonds is 46. The highest BCUT2D eigenvalue weighted by Gasteiger charge is 2.17. The Bertz CT molecular complexity index is 1080. The smallest absolute Gasteiger partial charge is 0.306 e. The van der Waals surface area contributed by atoms with E-state index in [2.05, 4.69) is 93.7 Å². The second-order valence-electron chi connectivity index (χ2n) is 16.7. The van der Waals surface area contributed by atoms with Gasteiger partial charge in [0.1, 0.15) is 6.61 Å². The molecule has 346 valence electrons. The second-order valence-corrected chi connectivity index (χ2v) is 16.7. The topological polar surface area (TPSA) is 61.8 Å². The van der Waals surface area contributed by atoms with Gasteiger partial charge >= 0.3 is 11.9 Å². The number of allylic oxidation sites excluding steroid dienone is 12. The molecule has 0 saturated carbocycles. The van der Waals surface area contributed by atoms with Crippen LogP contribution >= 0.6 is 0 Å². The highest BCUT2D eigenvalue weighted by atomic mass is 16.6. The van der Waals surface area contributed by atoms with E-state index in [1.807, 2.05) is 0 Å². The molecule has 60 heavy (non-hydrogen) atoms. The average molecular weight is 837 g/mol. The summed E-state index contributed by atoms with van der Waals surface area (Å²) >= 11 is 0. The molecule has 0 aromatic carbocycles. The van der Waals surface area contributed by atoms with Gasteiger partial charge in [-0.1, -0.05) is 216 Å². The van der Waals surface area contributed by atoms with Gasteiger partial charge in [0.25, 0.3) is 0 Å². The van der Waals surface area contributed by atoms with Gasteiger partial charge in [0.15, 0.2) is 6.10 Å². The number of esters is 2. The van der Waals surface area contributed by atoms with Crippen molar-refractivity contribution < 1.29 is 23.8 Å². The molecule has 0 aliphatic rings. The normalized spacial score (nSPS) is 12.8. The van der Waals surface area contributed by atoms with Crippen LogP contribution in [0.2, 0.25) is 0 Å². The molecule has 0 radical (unpaired) electrons. The Morgan fingerprint density at radius 3 is 1.27 bits per heavy atom. The molecule has 1 unspecified atom stereocenters. The fourth-order valence-corrected chi connectivity index (χ4v) is 6.95. The van der Waals surface area contributed by atoms with Crippen molar-refractivity contribution in [2.45, 2.75) is 245 Å². The van der Waals surface area contributed by atoms with Gasteiger partial charge in [-0.05, 0) is 83.5 Å². The molecule has 0 aromatic rings. The predicted molar refractivity (Wildman–Crippen MR) is 260 cm³/mol. The SMILES string of the molecule is CC/C=C\C/C=C\C/C=C\C/C=C\CCCCCCC(=O)OCC(COCCCCCCCC/C=C\C/C=C\CCC)OC(=O)CCCCCCCCCCCCCCC. The monoisotopic (exact) mass is 837 g/mol. The fourth-order valence-electron chi connectivity index (χ4n) is 6.95. The van der Waals surface area contributed by atoms with Crippen LogP contribution in [0, 0.1) is 0 Å². The van der Waals surface area contributed by atoms with Crippen molar-refractivity contribution in [3.63, 3.8) is 0 Å². The standard InChI is InChI=1S/C55H96O5/c1-4-7-10-13-16-19-22-25-27-28-29-31-33-36-39-42-45-48-54(56)59-52-53(51-58-50-47-44-41-38-35-32-26-23-20-17-14-11-8-5-2)60-55(57)49-46-43-40-37-34-30-24-21-18-15-12-9-6-3/h7,10-11,14,16,19-20,23,25,27,29,31,53H,4-6,8-9,12-13,15,17-18,21-22,24,26,28,30,32-52H2,1-3H3/b10-7-,14-11-,19-16-,23-20-,27-25-,31-29-. The summed E-state index contributed by atoms with van der Waals surface area (Å²) in [6, 6.07) is 0. The first-order valence-corrected chi connectivity index (χ1v) is 25.5. The lowest BCUT2D eigenvalue weighted by molar-refractivity contribution is -0.163. The van der Waals surface area contributed by atoms with Crippen molar-refractivity contribution in [1.29, 1.82) is 0 Å². The van der Waals surface area contributed by atoms with Crippen molar-refractivity contribution >= 4 is 11.9 Å². The Morgan fingerprint density at radius 2 is 0.783 bits per heavy atom. The first-order chi connectivity index (χ1) is 29.6. The molecular weight excluding hydrogens is 741 g/mol. The molecule has 0 aliphatic heterocycles. The number of hydrogen-bond acceptors (Lipinski definition) is 5. The number of hydrogen-bond donors (Lipinski definition) is 0. The number of carbonyl (C=O) groups excluding carboxylic acids is 2. The number of ether oxygens (including phenoxy) is 3. The van der Waals surface area contributed by atoms with E-state index < -0.39 is 6.10 Å². The molecule has 5 nitrogen and oxygen atoms in total. The van der Waals surface area contributed by atoms with Crippen LogP contribution in [0.5, 0.6) is 0 Å². The van der Waals surface area contributed by atoms with Gasteiger partial charge in [-0.15, -0.1) is 0 Å². The van der Waals surface area contributed by atoms with Gasteiger partial charge in [-0.25, -0.2) is 0 Å². The zero-order valence-electron chi connectivity index (χ0n) is 39.7. The molecule has 0 bridgehead atoms. The molecule has 0 aromatic heterocycles. The van der Waals surface area contributed by atoms with E-state index in [9.17, 15) is 9.59 Å². The molecule has 0 saturated heterocycles. The maximum absolute atomic E-state index is 12.8. The highest BCUT2D eigenvalue weighted by molar-refractivity contribution is 5.70. The Balaban J connectivity index is 4.31. The molecule has 5 heteroatoms. The Kier molecular flexibility index (Phi) is 48.4. The summed E-state index contributed by atoms with van der Waals surface area (Å²) in [6.07, 6.45) is 64.7. The first-order valence-electron chi connectivity index (χ1n) is 25.5. The van der Waals surface area contributed by atoms with Crippen molar-refractivity contribution in [3.8, 4) is 0 Å². The Morgan fingerprint density at radius 1 is 0.383 bits per heavy atom. The minimum Gasteiger partial charge on any atom is -0.462 e. The molecule has 0 spiro atoms. The third kappa shape index (κ3) is 48.0. The van der Waals surface area contributed by atoms with Crippen LogP contribution < -0.4 is 0 Å². The largest absolute Gasteiger partial charge is 0.462 e. The van der Waals surface area contributed by atoms with E-state index >= 15 is 0 Å². The summed E-state index contributed by atoms with van der Waals surface area (Å²) in [7, 11) is 0. The van der Waals surface area contributed by atoms with Gasteiger partial charge in [0.05, 0.1) is 6.61 Å². The third-order valence-corrected chi connectivity index (χ3v) is 10.7. The van der Waals surface area contributed by atoms with E-state index in [1.54, 1.807) is 0 Å². The second kappa shape index (κ2) is 50.7. The van der Waals surface area contributed by atoms with E-state index in [0.717, 1.165) is 89.9 Å². The van der Waals surface area contributed by atoms with Crippen LogP contribution in [0.25, 0.3) is 0 Å². The van der Waals surface area contributed by atoms with Crippen LogP contribution in [0.3, 0.4) is 0 Å². The minimum atomic E-state index is -0.551. The van der Waals surface area contributed by atoms with Gasteiger partial charge in [-0.3, -0.25) is 9.59 Å². The van der Waals surface area contributed by atoms with Gasteiger partial charge in [0.2, 0.25) is 0 Å². The summed E-state index contributed by atoms with van der Waals surface area (Å²) in [6.45, 7) is 7.62. The molecule has 0 aliphatic carbocycles. The summed E-state index contributed by atoms with van der Waals surface area (Å²) in [5.74, 6) is -0.426. The fraction of sp³-hybridized carbons (Fsp3) is 0.745. The molecule has 1 atom stereocenters. The zero-order chi connectivity index (χ0) is 43.5. The summed E-state index contributed by atoms with van der Waals surface area (Å²) in [5, 5.41) is 0. The highest BCUT2D eigenvalue weighted by Crippen LogP contribution is 2.14. The van der Waals surface area contributed by atoms with Gasteiger partial charge in [0, 0.05) is 19.4 Å². The Hall–Kier alpha value is -2.66. The van der Waals surface area contributed by atoms with Gasteiger partial charge < -0.3 is 14.2 Å². The number of carbonyl (C=O) groups is 2. The lowest BCUT2D eigenvalue weighted by Gasteiger charge is -2.18. The average Bonchev–Trinajstić information content (AvgIpc) is 3.25. The molecule has 0 heterocycles. The predicted octanol–water partition coefficient (Wildman–Crippen LogP) is 17.1. The van der Waals surface area contributed by atoms with Crippen LogP contribution in [0.15, 0.2) is 72.9 Å². The quantitative estimate of drug-likeness (QED) is 0.0347. The van der Waals surface area contributed by atoms with Crippen LogP contribution in [0.4, 0.5) is 0 Å². The molecule has 0 fully saturated rings. The van der Waals surface area contributed by atoms with Crippen LogP contribution in [-0.2, 0) is 23.8 Å². The summed E-state index contributed by atoms with van der Waals surface area (Å²) in [4.78, 5) is 25.4. The van der Waals surface area contributed by atoms with Crippen molar-refractivity contribution in [1.82, 2.24) is 0 Å². The molecular formula is C55H96O5. The maximum Gasteiger partial charge on any atom is 0.306 e. The summed E-state index contributed by atoms with van der Waals surface area (Å²) in [5.41, 5.74) is 0. The maximum atomic E-state index is 12.8. The van der Waals surface area contributed by atoms with Crippen LogP contribution in [-0.4, -0.2) is 37.9 Å². The third-order valence-electron chi connectivity index (χ3n) is 10.7. The number of unbranched alkanes of at least 4 members (excludes halogenated alkanes) is 23. The minimum absolute atomic E-state index is 0.0679. The molecule has 0 N–H and O–H groups in total. The summed E-state index contributed by atoms with van der Waals surface area (Å²) < 4.78 is 17.4. The Labute approximate surface area is 372 Å². The van der Waals surface area contributed by atoms with E-state index in [0.29, 0.717) is 19.4 Å². The van der Waals surface area contributed by atoms with Crippen molar-refractivity contribution in [3.05, 3.63) is 72.9 Å².